The third-order valence-corrected chi connectivity index (χ3v) is 9.95. The molecule has 2 aromatic rings. The molecule has 2 aliphatic carbocycles. The predicted molar refractivity (Wildman–Crippen MR) is 162 cm³/mol. The maximum absolute atomic E-state index is 13.8. The Labute approximate surface area is 242 Å². The average molecular weight is 579 g/mol. The van der Waals surface area contributed by atoms with Gasteiger partial charge in [-0.3, -0.25) is 4.79 Å². The second kappa shape index (κ2) is 13.1. The van der Waals surface area contributed by atoms with Crippen LogP contribution in [-0.2, 0) is 35.8 Å². The van der Waals surface area contributed by atoms with Crippen LogP contribution in [0.15, 0.2) is 88.8 Å². The molecule has 0 saturated heterocycles. The highest BCUT2D eigenvalue weighted by Gasteiger charge is 2.27. The summed E-state index contributed by atoms with van der Waals surface area (Å²) < 4.78 is 32.1. The fourth-order valence-electron chi connectivity index (χ4n) is 5.20. The van der Waals surface area contributed by atoms with Crippen LogP contribution < -0.4 is 9.62 Å². The molecule has 1 aromatic heterocycles. The van der Waals surface area contributed by atoms with Crippen LogP contribution in [0, 0.1) is 5.92 Å². The van der Waals surface area contributed by atoms with Gasteiger partial charge in [0.15, 0.2) is 0 Å². The number of aryl methyl sites for hydroxylation is 2. The van der Waals surface area contributed by atoms with Crippen molar-refractivity contribution in [2.24, 2.45) is 13.0 Å². The van der Waals surface area contributed by atoms with Crippen LogP contribution in [0.5, 0.6) is 0 Å². The van der Waals surface area contributed by atoms with Crippen LogP contribution in [0.2, 0.25) is 0 Å². The number of allylic oxidation sites excluding steroid dienone is 8. The van der Waals surface area contributed by atoms with Gasteiger partial charge in [0.25, 0.3) is 0 Å². The molecule has 1 N–H and O–H groups in total. The number of carbonyl (C=O) groups is 1. The van der Waals surface area contributed by atoms with E-state index < -0.39 is 11.0 Å². The zero-order valence-electron chi connectivity index (χ0n) is 22.9. The van der Waals surface area contributed by atoms with Gasteiger partial charge >= 0.3 is 0 Å². The molecule has 5 rings (SSSR count). The minimum Gasteiger partial charge on any atom is -0.337 e. The first-order valence-electron chi connectivity index (χ1n) is 13.7. The van der Waals surface area contributed by atoms with Crippen LogP contribution in [0.3, 0.4) is 0 Å². The molecule has 3 unspecified atom stereocenters. The number of nitrogens with one attached hydrogen (secondary N) is 1. The van der Waals surface area contributed by atoms with Gasteiger partial charge in [0, 0.05) is 43.3 Å². The van der Waals surface area contributed by atoms with Gasteiger partial charge in [0.05, 0.1) is 11.4 Å². The molecule has 0 spiro atoms. The summed E-state index contributed by atoms with van der Waals surface area (Å²) in [6.45, 7) is 2.47. The van der Waals surface area contributed by atoms with Crippen LogP contribution in [0.4, 0.5) is 10.1 Å². The van der Waals surface area contributed by atoms with Gasteiger partial charge in [0.2, 0.25) is 5.91 Å². The lowest BCUT2D eigenvalue weighted by Crippen LogP contribution is -2.33. The van der Waals surface area contributed by atoms with E-state index in [9.17, 15) is 13.4 Å². The highest BCUT2D eigenvalue weighted by Crippen LogP contribution is 2.35. The Kier molecular flexibility index (Phi) is 9.34. The highest BCUT2D eigenvalue weighted by molar-refractivity contribution is 8.03. The van der Waals surface area contributed by atoms with Crippen molar-refractivity contribution in [2.75, 3.05) is 10.7 Å². The molecule has 40 heavy (non-hydrogen) atoms. The number of amides is 1. The third kappa shape index (κ3) is 6.82. The number of thioether (sulfide) groups is 1. The summed E-state index contributed by atoms with van der Waals surface area (Å²) >= 11 is 1.78. The number of aromatic nitrogens is 2. The van der Waals surface area contributed by atoms with Crippen molar-refractivity contribution in [3.8, 4) is 0 Å². The zero-order valence-corrected chi connectivity index (χ0v) is 24.5. The number of rotatable bonds is 9. The quantitative estimate of drug-likeness (QED) is 0.369. The number of imidazole rings is 1. The molecule has 0 bridgehead atoms. The molecular weight excluding hydrogens is 543 g/mol. The molecule has 210 valence electrons. The first kappa shape index (κ1) is 28.5. The van der Waals surface area contributed by atoms with E-state index in [0.29, 0.717) is 24.3 Å². The molecular formula is C31H35FN4O2S2. The lowest BCUT2D eigenvalue weighted by molar-refractivity contribution is -0.119. The van der Waals surface area contributed by atoms with Gasteiger partial charge < -0.3 is 9.47 Å². The molecule has 1 aliphatic heterocycles. The smallest absolute Gasteiger partial charge is 0.228 e. The van der Waals surface area contributed by atoms with E-state index in [0.717, 1.165) is 42.1 Å². The number of benzene rings is 1. The molecule has 0 saturated carbocycles. The van der Waals surface area contributed by atoms with Crippen LogP contribution in [-0.4, -0.2) is 25.4 Å². The Balaban J connectivity index is 1.41. The van der Waals surface area contributed by atoms with E-state index in [1.54, 1.807) is 30.1 Å². The van der Waals surface area contributed by atoms with Crippen LogP contribution >= 0.6 is 11.8 Å². The minimum atomic E-state index is -1.49. The molecule has 0 radical (unpaired) electrons. The largest absolute Gasteiger partial charge is 0.337 e. The second-order valence-corrected chi connectivity index (χ2v) is 12.7. The Bertz CT molecular complexity index is 1440. The maximum atomic E-state index is 13.8. The number of anilines is 1. The first-order chi connectivity index (χ1) is 19.4. The summed E-state index contributed by atoms with van der Waals surface area (Å²) in [4.78, 5) is 22.0. The normalized spacial score (nSPS) is 20.1. The van der Waals surface area contributed by atoms with Crippen molar-refractivity contribution in [1.29, 1.82) is 0 Å². The first-order valence-corrected chi connectivity index (χ1v) is 15.8. The molecule has 2 heterocycles. The van der Waals surface area contributed by atoms with Gasteiger partial charge in [-0.1, -0.05) is 37.3 Å². The third-order valence-electron chi connectivity index (χ3n) is 7.49. The summed E-state index contributed by atoms with van der Waals surface area (Å²) in [5.41, 5.74) is 3.06. The zero-order chi connectivity index (χ0) is 28.1. The molecule has 3 aliphatic rings. The number of fused-ring (bicyclic) bond motifs is 1. The van der Waals surface area contributed by atoms with Crippen molar-refractivity contribution >= 4 is 34.3 Å². The van der Waals surface area contributed by atoms with Gasteiger partial charge in [-0.15, -0.1) is 11.8 Å². The Morgan fingerprint density at radius 3 is 2.98 bits per heavy atom. The molecule has 0 fully saturated rings. The highest BCUT2D eigenvalue weighted by atomic mass is 32.2. The lowest BCUT2D eigenvalue weighted by atomic mass is 9.87. The predicted octanol–water partition coefficient (Wildman–Crippen LogP) is 6.49. The molecule has 6 nitrogen and oxygen atoms in total. The fraction of sp³-hybridized carbons (Fsp3) is 0.355. The fourth-order valence-corrected chi connectivity index (χ4v) is 7.22. The molecule has 3 atom stereocenters. The summed E-state index contributed by atoms with van der Waals surface area (Å²) in [6, 6.07) is 6.05. The summed E-state index contributed by atoms with van der Waals surface area (Å²) in [6.07, 6.45) is 19.6. The van der Waals surface area contributed by atoms with E-state index in [1.165, 1.54) is 22.6 Å². The molecule has 1 amide bonds. The lowest BCUT2D eigenvalue weighted by Gasteiger charge is -2.30. The topological polar surface area (TPSA) is 67.2 Å². The minimum absolute atomic E-state index is 0.0404. The van der Waals surface area contributed by atoms with Crippen molar-refractivity contribution in [3.63, 3.8) is 0 Å². The number of hydrogen-bond donors (Lipinski definition) is 1. The molecule has 9 heteroatoms. The standard InChI is InChI=1S/C31H35FN4O2S2/c1-22(29-11-3-4-18-39-29)19-31(37)36(21-30-33-16-17-35(30)2)25-14-12-23-7-5-10-28(27(23)20-25)34-40(38)26-9-6-8-24(32)13-15-26/h3-4,8-9,11-17,20,22,28,34H,5-7,10,18-19,21H2,1-2H3. The van der Waals surface area contributed by atoms with Crippen molar-refractivity contribution < 1.29 is 13.4 Å². The van der Waals surface area contributed by atoms with E-state index >= 15 is 0 Å². The average Bonchev–Trinajstić information content (AvgIpc) is 3.24. The van der Waals surface area contributed by atoms with Gasteiger partial charge in [-0.05, 0) is 78.0 Å². The van der Waals surface area contributed by atoms with Gasteiger partial charge in [-0.2, -0.15) is 0 Å². The number of halogens is 1. The van der Waals surface area contributed by atoms with Crippen molar-refractivity contribution in [2.45, 2.75) is 51.6 Å². The van der Waals surface area contributed by atoms with Crippen molar-refractivity contribution in [3.05, 3.63) is 106 Å². The Hall–Kier alpha value is -3.01. The number of carbonyl (C=O) groups excluding carboxylic acids is 1. The monoisotopic (exact) mass is 578 g/mol. The van der Waals surface area contributed by atoms with Gasteiger partial charge in [-0.25, -0.2) is 18.3 Å². The second-order valence-electron chi connectivity index (χ2n) is 10.3. The van der Waals surface area contributed by atoms with E-state index in [1.807, 2.05) is 28.8 Å². The molecule has 1 aromatic carbocycles. The summed E-state index contributed by atoms with van der Waals surface area (Å²) in [5, 5.41) is 0. The SMILES string of the molecule is CC(CC(=O)N(Cc1nccn1C)c1ccc2c(c1)C(NS(=O)C1=CCC=C(F)C=C1)CCC2)C1=CC=CCS1. The Morgan fingerprint density at radius 1 is 1.32 bits per heavy atom. The Morgan fingerprint density at radius 2 is 2.20 bits per heavy atom. The van der Waals surface area contributed by atoms with Crippen LogP contribution in [0.1, 0.15) is 55.6 Å². The summed E-state index contributed by atoms with van der Waals surface area (Å²) in [5.74, 6) is 1.56. The van der Waals surface area contributed by atoms with Crippen molar-refractivity contribution in [1.82, 2.24) is 14.3 Å². The number of hydrogen-bond acceptors (Lipinski definition) is 4. The van der Waals surface area contributed by atoms with Crippen LogP contribution in [0.25, 0.3) is 0 Å². The van der Waals surface area contributed by atoms with Gasteiger partial charge in [0.1, 0.15) is 22.6 Å². The summed E-state index contributed by atoms with van der Waals surface area (Å²) in [7, 11) is 0.447. The maximum Gasteiger partial charge on any atom is 0.228 e. The van der Waals surface area contributed by atoms with E-state index in [2.05, 4.69) is 47.0 Å². The number of nitrogens with zero attached hydrogens (tertiary/aromatic N) is 3. The van der Waals surface area contributed by atoms with E-state index in [-0.39, 0.29) is 23.7 Å². The van der Waals surface area contributed by atoms with E-state index in [4.69, 9.17) is 0 Å².